The zero-order chi connectivity index (χ0) is 29.1. The number of hydrogen-bond donors (Lipinski definition) is 2. The minimum Gasteiger partial charge on any atom is -0.483 e. The van der Waals surface area contributed by atoms with Crippen LogP contribution in [0.15, 0.2) is 43.0 Å². The molecule has 1 aliphatic carbocycles. The average Bonchev–Trinajstić information content (AvgIpc) is 3.24. The van der Waals surface area contributed by atoms with Gasteiger partial charge in [-0.3, -0.25) is 9.52 Å². The summed E-state index contributed by atoms with van der Waals surface area (Å²) >= 11 is 0. The predicted molar refractivity (Wildman–Crippen MR) is 160 cm³/mol. The molecule has 2 aromatic carbocycles. The van der Waals surface area contributed by atoms with Gasteiger partial charge in [0.15, 0.2) is 6.61 Å². The second kappa shape index (κ2) is 12.2. The van der Waals surface area contributed by atoms with Crippen LogP contribution in [0.4, 0.5) is 4.39 Å². The molecule has 1 aliphatic heterocycles. The molecule has 0 unspecified atom stereocenters. The first-order chi connectivity index (χ1) is 19.7. The fraction of sp³-hybridized carbons (Fsp3) is 0.452. The molecule has 0 saturated heterocycles. The molecular weight excluding hydrogens is 543 g/mol. The number of halogens is 1. The number of benzene rings is 2. The monoisotopic (exact) mass is 582 g/mol. The first-order valence-electron chi connectivity index (χ1n) is 14.4. The normalized spacial score (nSPS) is 19.9. The summed E-state index contributed by atoms with van der Waals surface area (Å²) in [7, 11) is -0.281. The van der Waals surface area contributed by atoms with E-state index in [1.807, 2.05) is 25.2 Å². The number of nitrogens with one attached hydrogen (secondary N) is 2. The molecule has 41 heavy (non-hydrogen) atoms. The maximum Gasteiger partial charge on any atom is 0.301 e. The van der Waals surface area contributed by atoms with E-state index in [0.717, 1.165) is 54.3 Å². The summed E-state index contributed by atoms with van der Waals surface area (Å²) in [5.74, 6) is -0.0944. The molecule has 0 spiro atoms. The van der Waals surface area contributed by atoms with Crippen molar-refractivity contribution in [2.45, 2.75) is 57.3 Å². The van der Waals surface area contributed by atoms with E-state index in [1.165, 1.54) is 28.4 Å². The van der Waals surface area contributed by atoms with Crippen molar-refractivity contribution in [2.24, 2.45) is 7.05 Å². The van der Waals surface area contributed by atoms with Crippen LogP contribution in [-0.2, 0) is 22.1 Å². The van der Waals surface area contributed by atoms with E-state index >= 15 is 0 Å². The first-order valence-corrected chi connectivity index (χ1v) is 15.8. The highest BCUT2D eigenvalue weighted by Crippen LogP contribution is 2.46. The van der Waals surface area contributed by atoms with Crippen molar-refractivity contribution >= 4 is 32.7 Å². The van der Waals surface area contributed by atoms with Crippen LogP contribution in [0.25, 0.3) is 27.9 Å². The highest BCUT2D eigenvalue weighted by atomic mass is 32.2. The minimum atomic E-state index is -3.79. The van der Waals surface area contributed by atoms with Gasteiger partial charge in [0.05, 0.1) is 5.69 Å². The van der Waals surface area contributed by atoms with Gasteiger partial charge in [-0.1, -0.05) is 44.4 Å². The van der Waals surface area contributed by atoms with Gasteiger partial charge in [-0.05, 0) is 55.4 Å². The summed E-state index contributed by atoms with van der Waals surface area (Å²) < 4.78 is 52.5. The lowest BCUT2D eigenvalue weighted by atomic mass is 9.81. The third-order valence-corrected chi connectivity index (χ3v) is 9.80. The molecule has 0 radical (unpaired) electrons. The average molecular weight is 583 g/mol. The molecule has 3 aromatic rings. The van der Waals surface area contributed by atoms with Gasteiger partial charge in [0.2, 0.25) is 0 Å². The summed E-state index contributed by atoms with van der Waals surface area (Å²) in [6, 6.07) is 10.4. The van der Waals surface area contributed by atoms with Gasteiger partial charge < -0.3 is 14.6 Å². The quantitative estimate of drug-likeness (QED) is 0.399. The molecule has 2 N–H and O–H groups in total. The predicted octanol–water partition coefficient (Wildman–Crippen LogP) is 5.45. The number of carbonyl (C=O) groups excluding carboxylic acids is 1. The maximum atomic E-state index is 14.5. The molecule has 1 fully saturated rings. The Morgan fingerprint density at radius 1 is 1.00 bits per heavy atom. The topological polar surface area (TPSA) is 92.7 Å². The lowest BCUT2D eigenvalue weighted by Gasteiger charge is -2.24. The van der Waals surface area contributed by atoms with E-state index in [2.05, 4.69) is 21.2 Å². The van der Waals surface area contributed by atoms with Crippen LogP contribution in [0.1, 0.15) is 68.4 Å². The van der Waals surface area contributed by atoms with Crippen LogP contribution in [0.5, 0.6) is 5.75 Å². The Bertz CT molecular complexity index is 1560. The van der Waals surface area contributed by atoms with Crippen molar-refractivity contribution in [3.63, 3.8) is 0 Å². The van der Waals surface area contributed by atoms with Gasteiger partial charge in [0, 0.05) is 61.0 Å². The Labute approximate surface area is 241 Å². The van der Waals surface area contributed by atoms with E-state index in [4.69, 9.17) is 4.74 Å². The SMILES string of the molecule is C=C1NS(=O)(=O)N(C)CCCCCNC(=O)COc2cc(F)ccc2-c2c(C3CCCCC3)c3ccc1cc3n2C. The van der Waals surface area contributed by atoms with Crippen LogP contribution in [0, 0.1) is 5.82 Å². The molecule has 10 heteroatoms. The fourth-order valence-electron chi connectivity index (χ4n) is 6.07. The number of amides is 1. The second-order valence-electron chi connectivity index (χ2n) is 11.1. The molecule has 2 aliphatic rings. The van der Waals surface area contributed by atoms with Gasteiger partial charge >= 0.3 is 10.2 Å². The van der Waals surface area contributed by atoms with Gasteiger partial charge in [0.1, 0.15) is 11.6 Å². The van der Waals surface area contributed by atoms with Crippen molar-refractivity contribution < 1.29 is 22.3 Å². The summed E-state index contributed by atoms with van der Waals surface area (Å²) in [5.41, 5.74) is 4.68. The molecule has 1 saturated carbocycles. The van der Waals surface area contributed by atoms with Crippen LogP contribution in [-0.4, -0.2) is 49.9 Å². The summed E-state index contributed by atoms with van der Waals surface area (Å²) in [5, 5.41) is 3.91. The third kappa shape index (κ3) is 6.28. The Morgan fingerprint density at radius 2 is 1.76 bits per heavy atom. The number of rotatable bonds is 1. The lowest BCUT2D eigenvalue weighted by molar-refractivity contribution is -0.123. The zero-order valence-corrected chi connectivity index (χ0v) is 24.7. The highest BCUT2D eigenvalue weighted by Gasteiger charge is 2.28. The number of carbonyl (C=O) groups is 1. The van der Waals surface area contributed by atoms with E-state index < -0.39 is 16.0 Å². The number of ether oxygens (including phenoxy) is 1. The van der Waals surface area contributed by atoms with E-state index in [9.17, 15) is 17.6 Å². The molecule has 1 aromatic heterocycles. The summed E-state index contributed by atoms with van der Waals surface area (Å²) in [6.07, 6.45) is 7.65. The van der Waals surface area contributed by atoms with Crippen LogP contribution in [0.2, 0.25) is 0 Å². The molecule has 5 rings (SSSR count). The van der Waals surface area contributed by atoms with Crippen molar-refractivity contribution in [3.8, 4) is 17.0 Å². The van der Waals surface area contributed by atoms with E-state index in [0.29, 0.717) is 48.9 Å². The number of aryl methyl sites for hydroxylation is 1. The molecule has 220 valence electrons. The Balaban J connectivity index is 1.66. The van der Waals surface area contributed by atoms with Crippen molar-refractivity contribution in [3.05, 3.63) is 59.9 Å². The molecule has 8 nitrogen and oxygen atoms in total. The molecule has 0 atom stereocenters. The minimum absolute atomic E-state index is 0.226. The fourth-order valence-corrected chi connectivity index (χ4v) is 7.02. The highest BCUT2D eigenvalue weighted by molar-refractivity contribution is 7.87. The van der Waals surface area contributed by atoms with Gasteiger partial charge in [-0.2, -0.15) is 12.7 Å². The van der Waals surface area contributed by atoms with Crippen molar-refractivity contribution in [1.29, 1.82) is 0 Å². The van der Waals surface area contributed by atoms with Gasteiger partial charge in [0.25, 0.3) is 5.91 Å². The third-order valence-electron chi connectivity index (χ3n) is 8.29. The van der Waals surface area contributed by atoms with Crippen LogP contribution >= 0.6 is 0 Å². The Morgan fingerprint density at radius 3 is 2.54 bits per heavy atom. The van der Waals surface area contributed by atoms with Crippen molar-refractivity contribution in [2.75, 3.05) is 26.7 Å². The summed E-state index contributed by atoms with van der Waals surface area (Å²) in [6.45, 7) is 4.61. The largest absolute Gasteiger partial charge is 0.483 e. The smallest absolute Gasteiger partial charge is 0.301 e. The Kier molecular flexibility index (Phi) is 8.70. The number of nitrogens with zero attached hydrogens (tertiary/aromatic N) is 2. The molecule has 2 heterocycles. The van der Waals surface area contributed by atoms with E-state index in [-0.39, 0.29) is 12.5 Å². The first kappa shape index (κ1) is 29.1. The van der Waals surface area contributed by atoms with Crippen LogP contribution < -0.4 is 14.8 Å². The molecule has 1 amide bonds. The second-order valence-corrected chi connectivity index (χ2v) is 12.9. The van der Waals surface area contributed by atoms with Gasteiger partial charge in [-0.25, -0.2) is 4.39 Å². The number of aromatic nitrogens is 1. The Hall–Kier alpha value is -3.37. The number of hydrogen-bond acceptors (Lipinski definition) is 4. The standard InChI is InChI=1S/C31H39FN4O4S/c1-21-23-12-14-25-27(18-23)36(3)31(30(25)22-10-6-4-7-11-22)26-15-13-24(32)19-28(26)40-20-29(37)33-16-8-5-9-17-35(2)41(38,39)34-21/h12-15,18-19,22,34H,1,4-11,16-17,20H2,2-3H3,(H,33,37). The van der Waals surface area contributed by atoms with Gasteiger partial charge in [-0.15, -0.1) is 0 Å². The number of fused-ring (bicyclic) bond motifs is 4. The van der Waals surface area contributed by atoms with E-state index in [1.54, 1.807) is 13.1 Å². The lowest BCUT2D eigenvalue weighted by Crippen LogP contribution is -2.37. The van der Waals surface area contributed by atoms with Crippen molar-refractivity contribution in [1.82, 2.24) is 18.9 Å². The van der Waals surface area contributed by atoms with Crippen LogP contribution in [0.3, 0.4) is 0 Å². The molecular formula is C31H39FN4O4S. The summed E-state index contributed by atoms with van der Waals surface area (Å²) in [4.78, 5) is 12.6. The zero-order valence-electron chi connectivity index (χ0n) is 23.8. The molecule has 3 bridgehead atoms. The maximum absolute atomic E-state index is 14.5.